The van der Waals surface area contributed by atoms with Crippen molar-refractivity contribution in [2.24, 2.45) is 5.92 Å². The Bertz CT molecular complexity index is 623. The molecule has 3 rings (SSSR count). The van der Waals surface area contributed by atoms with Gasteiger partial charge in [0.15, 0.2) is 0 Å². The van der Waals surface area contributed by atoms with E-state index in [1.807, 2.05) is 35.0 Å². The normalized spacial score (nSPS) is 19.0. The van der Waals surface area contributed by atoms with Gasteiger partial charge in [0, 0.05) is 25.5 Å². The average Bonchev–Trinajstić information content (AvgIpc) is 3.07. The molecule has 0 spiro atoms. The van der Waals surface area contributed by atoms with Gasteiger partial charge in [0.05, 0.1) is 17.9 Å². The van der Waals surface area contributed by atoms with Gasteiger partial charge in [-0.05, 0) is 38.1 Å². The predicted octanol–water partition coefficient (Wildman–Crippen LogP) is 1.83. The summed E-state index contributed by atoms with van der Waals surface area (Å²) in [7, 11) is 2.08. The lowest BCUT2D eigenvalue weighted by Gasteiger charge is -2.28. The standard InChI is InChI=1S/C17H22N4O/c1-20-9-4-6-15(12-20)17(22)19-11-14-5-2-3-7-16(14)21-10-8-18-13-21/h2-3,5,7-8,10,13,15H,4,6,9,11-12H2,1H3,(H,19,22)/t15-/m1/s1. The topological polar surface area (TPSA) is 50.2 Å². The molecule has 1 N–H and O–H groups in total. The summed E-state index contributed by atoms with van der Waals surface area (Å²) in [5, 5.41) is 3.09. The second-order valence-electron chi connectivity index (χ2n) is 5.92. The first-order chi connectivity index (χ1) is 10.7. The highest BCUT2D eigenvalue weighted by Gasteiger charge is 2.23. The smallest absolute Gasteiger partial charge is 0.224 e. The highest BCUT2D eigenvalue weighted by Crippen LogP contribution is 2.17. The van der Waals surface area contributed by atoms with Gasteiger partial charge in [0.1, 0.15) is 0 Å². The number of nitrogens with one attached hydrogen (secondary N) is 1. The molecule has 0 unspecified atom stereocenters. The predicted molar refractivity (Wildman–Crippen MR) is 85.6 cm³/mol. The van der Waals surface area contributed by atoms with Crippen LogP contribution in [0.3, 0.4) is 0 Å². The summed E-state index contributed by atoms with van der Waals surface area (Å²) in [4.78, 5) is 18.7. The molecule has 1 aromatic heterocycles. The van der Waals surface area contributed by atoms with Crippen LogP contribution in [0.1, 0.15) is 18.4 Å². The van der Waals surface area contributed by atoms with Gasteiger partial charge in [0.2, 0.25) is 5.91 Å². The van der Waals surface area contributed by atoms with Crippen molar-refractivity contribution in [3.63, 3.8) is 0 Å². The van der Waals surface area contributed by atoms with Crippen LogP contribution in [0.4, 0.5) is 0 Å². The number of imidazole rings is 1. The summed E-state index contributed by atoms with van der Waals surface area (Å²) in [5.74, 6) is 0.270. The first-order valence-electron chi connectivity index (χ1n) is 7.76. The Morgan fingerprint density at radius 2 is 2.27 bits per heavy atom. The minimum absolute atomic E-state index is 0.110. The van der Waals surface area contributed by atoms with Gasteiger partial charge >= 0.3 is 0 Å². The fraction of sp³-hybridized carbons (Fsp3) is 0.412. The third-order valence-corrected chi connectivity index (χ3v) is 4.22. The Kier molecular flexibility index (Phi) is 4.53. The monoisotopic (exact) mass is 298 g/mol. The van der Waals surface area contributed by atoms with Gasteiger partial charge < -0.3 is 14.8 Å². The molecule has 1 aliphatic heterocycles. The molecular weight excluding hydrogens is 276 g/mol. The van der Waals surface area contributed by atoms with Crippen molar-refractivity contribution < 1.29 is 4.79 Å². The molecule has 5 heteroatoms. The third kappa shape index (κ3) is 3.36. The Labute approximate surface area is 131 Å². The maximum absolute atomic E-state index is 12.4. The molecule has 1 amide bonds. The van der Waals surface area contributed by atoms with Gasteiger partial charge in [-0.2, -0.15) is 0 Å². The summed E-state index contributed by atoms with van der Waals surface area (Å²) < 4.78 is 1.97. The van der Waals surface area contributed by atoms with Crippen molar-refractivity contribution >= 4 is 5.91 Å². The van der Waals surface area contributed by atoms with E-state index < -0.39 is 0 Å². The first kappa shape index (κ1) is 14.8. The average molecular weight is 298 g/mol. The van der Waals surface area contributed by atoms with Crippen LogP contribution < -0.4 is 5.32 Å². The van der Waals surface area contributed by atoms with Crippen LogP contribution in [0.2, 0.25) is 0 Å². The van der Waals surface area contributed by atoms with Gasteiger partial charge in [-0.15, -0.1) is 0 Å². The fourth-order valence-electron chi connectivity index (χ4n) is 3.02. The molecule has 1 aliphatic rings. The van der Waals surface area contributed by atoms with Crippen LogP contribution in [0.25, 0.3) is 5.69 Å². The number of carbonyl (C=O) groups is 1. The number of carbonyl (C=O) groups excluding carboxylic acids is 1. The van der Waals surface area contributed by atoms with Crippen molar-refractivity contribution in [3.05, 3.63) is 48.5 Å². The number of benzene rings is 1. The zero-order valence-electron chi connectivity index (χ0n) is 12.9. The Balaban J connectivity index is 1.65. The summed E-state index contributed by atoms with van der Waals surface area (Å²) in [6.07, 6.45) is 7.53. The van der Waals surface area contributed by atoms with Gasteiger partial charge in [-0.3, -0.25) is 4.79 Å². The van der Waals surface area contributed by atoms with Crippen LogP contribution in [-0.4, -0.2) is 40.5 Å². The van der Waals surface area contributed by atoms with Crippen LogP contribution in [0, 0.1) is 5.92 Å². The zero-order valence-corrected chi connectivity index (χ0v) is 12.9. The second kappa shape index (κ2) is 6.75. The molecule has 22 heavy (non-hydrogen) atoms. The molecule has 0 saturated carbocycles. The summed E-state index contributed by atoms with van der Waals surface area (Å²) in [6.45, 7) is 2.50. The van der Waals surface area contributed by atoms with Crippen LogP contribution in [0.15, 0.2) is 43.0 Å². The van der Waals surface area contributed by atoms with Crippen molar-refractivity contribution in [1.82, 2.24) is 19.8 Å². The number of para-hydroxylation sites is 1. The van der Waals surface area contributed by atoms with E-state index in [1.54, 1.807) is 12.5 Å². The molecule has 1 atom stereocenters. The van der Waals surface area contributed by atoms with E-state index in [1.165, 1.54) is 0 Å². The lowest BCUT2D eigenvalue weighted by atomic mass is 9.97. The maximum atomic E-state index is 12.4. The lowest BCUT2D eigenvalue weighted by molar-refractivity contribution is -0.126. The molecule has 2 aromatic rings. The fourth-order valence-corrected chi connectivity index (χ4v) is 3.02. The number of piperidine rings is 1. The highest BCUT2D eigenvalue weighted by atomic mass is 16.1. The van der Waals surface area contributed by atoms with Crippen LogP contribution in [0.5, 0.6) is 0 Å². The summed E-state index contributed by atoms with van der Waals surface area (Å²) in [6, 6.07) is 8.08. The number of hydrogen-bond acceptors (Lipinski definition) is 3. The molecule has 0 bridgehead atoms. The largest absolute Gasteiger partial charge is 0.352 e. The van der Waals surface area contributed by atoms with Crippen LogP contribution >= 0.6 is 0 Å². The molecular formula is C17H22N4O. The quantitative estimate of drug-likeness (QED) is 0.937. The molecule has 1 aromatic carbocycles. The lowest BCUT2D eigenvalue weighted by Crippen LogP contribution is -2.41. The molecule has 0 aliphatic carbocycles. The Hall–Kier alpha value is -2.14. The number of hydrogen-bond donors (Lipinski definition) is 1. The van der Waals surface area contributed by atoms with E-state index in [0.717, 1.165) is 37.2 Å². The second-order valence-corrected chi connectivity index (χ2v) is 5.92. The van der Waals surface area contributed by atoms with Crippen LogP contribution in [-0.2, 0) is 11.3 Å². The van der Waals surface area contributed by atoms with Crippen molar-refractivity contribution in [1.29, 1.82) is 0 Å². The number of aromatic nitrogens is 2. The van der Waals surface area contributed by atoms with Crippen molar-refractivity contribution in [2.75, 3.05) is 20.1 Å². The van der Waals surface area contributed by atoms with E-state index in [4.69, 9.17) is 0 Å². The first-order valence-corrected chi connectivity index (χ1v) is 7.76. The SMILES string of the molecule is CN1CCC[C@@H](C(=O)NCc2ccccc2-n2ccnc2)C1. The maximum Gasteiger partial charge on any atom is 0.224 e. The number of rotatable bonds is 4. The van der Waals surface area contributed by atoms with Crippen molar-refractivity contribution in [3.8, 4) is 5.69 Å². The van der Waals surface area contributed by atoms with Gasteiger partial charge in [0.25, 0.3) is 0 Å². The Morgan fingerprint density at radius 1 is 1.41 bits per heavy atom. The van der Waals surface area contributed by atoms with E-state index in [9.17, 15) is 4.79 Å². The third-order valence-electron chi connectivity index (χ3n) is 4.22. The Morgan fingerprint density at radius 3 is 3.05 bits per heavy atom. The highest BCUT2D eigenvalue weighted by molar-refractivity contribution is 5.79. The van der Waals surface area contributed by atoms with E-state index in [2.05, 4.69) is 22.2 Å². The van der Waals surface area contributed by atoms with E-state index in [-0.39, 0.29) is 11.8 Å². The number of amides is 1. The van der Waals surface area contributed by atoms with Gasteiger partial charge in [-0.25, -0.2) is 4.98 Å². The number of likely N-dealkylation sites (tertiary alicyclic amines) is 1. The van der Waals surface area contributed by atoms with E-state index in [0.29, 0.717) is 6.54 Å². The summed E-state index contributed by atoms with van der Waals surface area (Å²) in [5.41, 5.74) is 2.15. The van der Waals surface area contributed by atoms with E-state index >= 15 is 0 Å². The summed E-state index contributed by atoms with van der Waals surface area (Å²) >= 11 is 0. The molecule has 2 heterocycles. The zero-order chi connectivity index (χ0) is 15.4. The molecule has 5 nitrogen and oxygen atoms in total. The molecule has 0 radical (unpaired) electrons. The minimum Gasteiger partial charge on any atom is -0.352 e. The molecule has 1 fully saturated rings. The molecule has 1 saturated heterocycles. The van der Waals surface area contributed by atoms with Crippen molar-refractivity contribution in [2.45, 2.75) is 19.4 Å². The number of nitrogens with zero attached hydrogens (tertiary/aromatic N) is 3. The molecule has 116 valence electrons. The minimum atomic E-state index is 0.110. The van der Waals surface area contributed by atoms with Gasteiger partial charge in [-0.1, -0.05) is 18.2 Å².